The number of aliphatic carboxylic acids is 1. The summed E-state index contributed by atoms with van der Waals surface area (Å²) in [4.78, 5) is 22.6. The Hall–Kier alpha value is -1.11. The van der Waals surface area contributed by atoms with Crippen molar-refractivity contribution in [2.75, 3.05) is 18.6 Å². The second-order valence-corrected chi connectivity index (χ2v) is 6.66. The monoisotopic (exact) mass is 263 g/mol. The molecule has 0 aromatic rings. The third-order valence-corrected chi connectivity index (χ3v) is 3.89. The van der Waals surface area contributed by atoms with Crippen LogP contribution in [0.1, 0.15) is 19.3 Å². The Morgan fingerprint density at radius 2 is 1.88 bits per heavy atom. The molecule has 0 aliphatic heterocycles. The summed E-state index contributed by atoms with van der Waals surface area (Å²) in [6.45, 7) is 0.0422. The Kier molecular flexibility index (Phi) is 4.50. The molecule has 17 heavy (non-hydrogen) atoms. The molecule has 0 saturated heterocycles. The Bertz CT molecular complexity index is 403. The molecular weight excluding hydrogens is 246 g/mol. The zero-order chi connectivity index (χ0) is 13.1. The van der Waals surface area contributed by atoms with Crippen LogP contribution in [0, 0.1) is 11.8 Å². The van der Waals surface area contributed by atoms with Crippen molar-refractivity contribution < 1.29 is 23.1 Å². The molecule has 6 nitrogen and oxygen atoms in total. The number of nitrogens with one attached hydrogen (secondary N) is 1. The van der Waals surface area contributed by atoms with Crippen LogP contribution in [0.15, 0.2) is 0 Å². The van der Waals surface area contributed by atoms with Crippen LogP contribution in [-0.4, -0.2) is 44.0 Å². The van der Waals surface area contributed by atoms with Crippen LogP contribution in [0.5, 0.6) is 0 Å². The molecule has 2 unspecified atom stereocenters. The number of carbonyl (C=O) groups is 2. The number of carbonyl (C=O) groups excluding carboxylic acids is 1. The van der Waals surface area contributed by atoms with Crippen molar-refractivity contribution in [3.05, 3.63) is 0 Å². The highest BCUT2D eigenvalue weighted by Gasteiger charge is 2.37. The molecule has 1 aliphatic carbocycles. The van der Waals surface area contributed by atoms with Crippen LogP contribution in [0.3, 0.4) is 0 Å². The quantitative estimate of drug-likeness (QED) is 0.706. The second kappa shape index (κ2) is 5.48. The maximum absolute atomic E-state index is 11.7. The van der Waals surface area contributed by atoms with Gasteiger partial charge in [-0.1, -0.05) is 6.42 Å². The maximum Gasteiger partial charge on any atom is 0.307 e. The van der Waals surface area contributed by atoms with Gasteiger partial charge in [0.05, 0.1) is 17.6 Å². The van der Waals surface area contributed by atoms with Crippen LogP contribution >= 0.6 is 0 Å². The zero-order valence-electron chi connectivity index (χ0n) is 9.68. The minimum absolute atomic E-state index is 0.0422. The van der Waals surface area contributed by atoms with Crippen molar-refractivity contribution in [3.8, 4) is 0 Å². The molecule has 0 heterocycles. The average Bonchev–Trinajstić information content (AvgIpc) is 2.63. The van der Waals surface area contributed by atoms with Crippen LogP contribution in [0.2, 0.25) is 0 Å². The summed E-state index contributed by atoms with van der Waals surface area (Å²) < 4.78 is 21.7. The Morgan fingerprint density at radius 3 is 2.41 bits per heavy atom. The first-order valence-electron chi connectivity index (χ1n) is 5.49. The average molecular weight is 263 g/mol. The van der Waals surface area contributed by atoms with Gasteiger partial charge in [0.2, 0.25) is 5.91 Å². The molecule has 1 amide bonds. The van der Waals surface area contributed by atoms with E-state index in [0.717, 1.165) is 12.7 Å². The topological polar surface area (TPSA) is 101 Å². The van der Waals surface area contributed by atoms with Crippen LogP contribution < -0.4 is 5.32 Å². The third kappa shape index (κ3) is 4.33. The van der Waals surface area contributed by atoms with Gasteiger partial charge in [0.1, 0.15) is 9.84 Å². The minimum atomic E-state index is -3.10. The number of hydrogen-bond donors (Lipinski definition) is 2. The smallest absolute Gasteiger partial charge is 0.307 e. The van der Waals surface area contributed by atoms with Gasteiger partial charge in [0.15, 0.2) is 0 Å². The van der Waals surface area contributed by atoms with E-state index in [4.69, 9.17) is 5.11 Å². The zero-order valence-corrected chi connectivity index (χ0v) is 10.5. The first-order valence-corrected chi connectivity index (χ1v) is 7.55. The Morgan fingerprint density at radius 1 is 1.29 bits per heavy atom. The lowest BCUT2D eigenvalue weighted by molar-refractivity contribution is -0.146. The largest absolute Gasteiger partial charge is 0.481 e. The second-order valence-electron chi connectivity index (χ2n) is 4.40. The third-order valence-electron chi connectivity index (χ3n) is 2.94. The lowest BCUT2D eigenvalue weighted by Gasteiger charge is -2.15. The van der Waals surface area contributed by atoms with E-state index in [1.807, 2.05) is 0 Å². The predicted molar refractivity (Wildman–Crippen MR) is 61.2 cm³/mol. The fraction of sp³-hybridized carbons (Fsp3) is 0.800. The SMILES string of the molecule is CS(=O)(=O)CCNC(=O)C1CCCC1C(=O)O. The molecule has 1 rings (SSSR count). The van der Waals surface area contributed by atoms with Gasteiger partial charge in [-0.25, -0.2) is 8.42 Å². The van der Waals surface area contributed by atoms with E-state index in [-0.39, 0.29) is 18.2 Å². The molecule has 2 atom stereocenters. The molecular formula is C10H17NO5S. The van der Waals surface area contributed by atoms with Crippen LogP contribution in [-0.2, 0) is 19.4 Å². The molecule has 98 valence electrons. The molecule has 0 spiro atoms. The lowest BCUT2D eigenvalue weighted by atomic mass is 9.95. The van der Waals surface area contributed by atoms with Gasteiger partial charge >= 0.3 is 5.97 Å². The Labute approximate surface area is 100 Å². The molecule has 1 fully saturated rings. The number of sulfone groups is 1. The van der Waals surface area contributed by atoms with Gasteiger partial charge < -0.3 is 10.4 Å². The van der Waals surface area contributed by atoms with Crippen molar-refractivity contribution >= 4 is 21.7 Å². The Balaban J connectivity index is 2.45. The van der Waals surface area contributed by atoms with Gasteiger partial charge in [-0.15, -0.1) is 0 Å². The summed E-state index contributed by atoms with van der Waals surface area (Å²) in [6, 6.07) is 0. The molecule has 1 saturated carbocycles. The minimum Gasteiger partial charge on any atom is -0.481 e. The molecule has 1 aliphatic rings. The van der Waals surface area contributed by atoms with Crippen LogP contribution in [0.4, 0.5) is 0 Å². The van der Waals surface area contributed by atoms with E-state index >= 15 is 0 Å². The highest BCUT2D eigenvalue weighted by Crippen LogP contribution is 2.31. The molecule has 0 aromatic heterocycles. The molecule has 0 aromatic carbocycles. The summed E-state index contributed by atoms with van der Waals surface area (Å²) in [5, 5.41) is 11.4. The molecule has 0 radical (unpaired) electrons. The van der Waals surface area contributed by atoms with Crippen molar-refractivity contribution in [2.45, 2.75) is 19.3 Å². The van der Waals surface area contributed by atoms with Gasteiger partial charge in [0.25, 0.3) is 0 Å². The fourth-order valence-corrected chi connectivity index (χ4v) is 2.53. The standard InChI is InChI=1S/C10H17NO5S/c1-17(15,16)6-5-11-9(12)7-3-2-4-8(7)10(13)14/h7-8H,2-6H2,1H3,(H,11,12)(H,13,14). The lowest BCUT2D eigenvalue weighted by Crippen LogP contribution is -2.37. The fourth-order valence-electron chi connectivity index (χ4n) is 2.06. The van der Waals surface area contributed by atoms with E-state index in [9.17, 15) is 18.0 Å². The number of amides is 1. The highest BCUT2D eigenvalue weighted by molar-refractivity contribution is 7.90. The number of carboxylic acid groups (broad SMARTS) is 1. The summed E-state index contributed by atoms with van der Waals surface area (Å²) in [5.41, 5.74) is 0. The summed E-state index contributed by atoms with van der Waals surface area (Å²) >= 11 is 0. The maximum atomic E-state index is 11.7. The van der Waals surface area contributed by atoms with Gasteiger partial charge in [-0.3, -0.25) is 9.59 Å². The van der Waals surface area contributed by atoms with E-state index in [1.54, 1.807) is 0 Å². The van der Waals surface area contributed by atoms with Crippen LogP contribution in [0.25, 0.3) is 0 Å². The van der Waals surface area contributed by atoms with E-state index in [0.29, 0.717) is 12.8 Å². The highest BCUT2D eigenvalue weighted by atomic mass is 32.2. The molecule has 7 heteroatoms. The summed E-state index contributed by atoms with van der Waals surface area (Å²) in [6.07, 6.45) is 2.89. The summed E-state index contributed by atoms with van der Waals surface area (Å²) in [7, 11) is -3.10. The first kappa shape index (κ1) is 14.0. The normalized spacial score (nSPS) is 24.5. The predicted octanol–water partition coefficient (Wildman–Crippen LogP) is -0.352. The van der Waals surface area contributed by atoms with Crippen molar-refractivity contribution in [1.82, 2.24) is 5.32 Å². The first-order chi connectivity index (χ1) is 7.81. The van der Waals surface area contributed by atoms with E-state index in [1.165, 1.54) is 0 Å². The molecule has 0 bridgehead atoms. The van der Waals surface area contributed by atoms with E-state index < -0.39 is 27.6 Å². The van der Waals surface area contributed by atoms with Crippen molar-refractivity contribution in [1.29, 1.82) is 0 Å². The van der Waals surface area contributed by atoms with Crippen molar-refractivity contribution in [3.63, 3.8) is 0 Å². The van der Waals surface area contributed by atoms with Gasteiger partial charge in [-0.05, 0) is 12.8 Å². The van der Waals surface area contributed by atoms with Gasteiger partial charge in [0, 0.05) is 12.8 Å². The number of carboxylic acids is 1. The number of hydrogen-bond acceptors (Lipinski definition) is 4. The summed E-state index contributed by atoms with van der Waals surface area (Å²) in [5.74, 6) is -2.58. The van der Waals surface area contributed by atoms with Crippen molar-refractivity contribution in [2.24, 2.45) is 11.8 Å². The molecule has 2 N–H and O–H groups in total. The van der Waals surface area contributed by atoms with Gasteiger partial charge in [-0.2, -0.15) is 0 Å². The van der Waals surface area contributed by atoms with E-state index in [2.05, 4.69) is 5.32 Å². The number of rotatable bonds is 5.